The lowest BCUT2D eigenvalue weighted by molar-refractivity contribution is -0.131. The lowest BCUT2D eigenvalue weighted by Crippen LogP contribution is -2.32. The zero-order chi connectivity index (χ0) is 16.9. The lowest BCUT2D eigenvalue weighted by Gasteiger charge is -2.20. The van der Waals surface area contributed by atoms with Gasteiger partial charge in [0, 0.05) is 31.5 Å². The molecule has 24 heavy (non-hydrogen) atoms. The molecule has 1 atom stereocenters. The molecule has 1 fully saturated rings. The second kappa shape index (κ2) is 7.60. The first-order valence-electron chi connectivity index (χ1n) is 8.79. The van der Waals surface area contributed by atoms with Crippen LogP contribution in [0.25, 0.3) is 11.5 Å². The predicted molar refractivity (Wildman–Crippen MR) is 92.4 cm³/mol. The smallest absolute Gasteiger partial charge is 0.247 e. The Morgan fingerprint density at radius 2 is 2.00 bits per heavy atom. The maximum atomic E-state index is 12.4. The van der Waals surface area contributed by atoms with E-state index in [2.05, 4.69) is 17.1 Å². The molecule has 0 radical (unpaired) electrons. The molecule has 1 aliphatic heterocycles. The Hall–Kier alpha value is -2.17. The van der Waals surface area contributed by atoms with Gasteiger partial charge in [0.25, 0.3) is 0 Å². The normalized spacial score (nSPS) is 18.4. The number of carbonyl (C=O) groups excluding carboxylic acids is 1. The van der Waals surface area contributed by atoms with Crippen molar-refractivity contribution in [2.75, 3.05) is 13.1 Å². The van der Waals surface area contributed by atoms with Gasteiger partial charge in [-0.3, -0.25) is 4.79 Å². The molecule has 3 rings (SSSR count). The van der Waals surface area contributed by atoms with E-state index >= 15 is 0 Å². The Bertz CT molecular complexity index is 678. The highest BCUT2D eigenvalue weighted by Crippen LogP contribution is 2.20. The van der Waals surface area contributed by atoms with Gasteiger partial charge in [0.1, 0.15) is 0 Å². The van der Waals surface area contributed by atoms with Crippen molar-refractivity contribution >= 4 is 5.91 Å². The summed E-state index contributed by atoms with van der Waals surface area (Å²) in [5.41, 5.74) is 2.10. The second-order valence-electron chi connectivity index (χ2n) is 6.78. The average molecular weight is 327 g/mol. The highest BCUT2D eigenvalue weighted by Gasteiger charge is 2.19. The third-order valence-electron chi connectivity index (χ3n) is 4.69. The summed E-state index contributed by atoms with van der Waals surface area (Å²) in [6.07, 6.45) is 4.36. The molecule has 128 valence electrons. The lowest BCUT2D eigenvalue weighted by atomic mass is 10.0. The van der Waals surface area contributed by atoms with Crippen molar-refractivity contribution in [3.05, 3.63) is 35.7 Å². The summed E-state index contributed by atoms with van der Waals surface area (Å²) in [4.78, 5) is 14.4. The summed E-state index contributed by atoms with van der Waals surface area (Å²) in [7, 11) is 0. The molecule has 0 spiro atoms. The molecule has 1 saturated heterocycles. The minimum atomic E-state index is 0.194. The van der Waals surface area contributed by atoms with Gasteiger partial charge in [0.05, 0.1) is 0 Å². The van der Waals surface area contributed by atoms with Crippen LogP contribution in [0.5, 0.6) is 0 Å². The van der Waals surface area contributed by atoms with E-state index in [1.807, 2.05) is 36.1 Å². The topological polar surface area (TPSA) is 59.2 Å². The van der Waals surface area contributed by atoms with E-state index in [1.165, 1.54) is 12.0 Å². The monoisotopic (exact) mass is 327 g/mol. The molecule has 2 heterocycles. The summed E-state index contributed by atoms with van der Waals surface area (Å²) in [6.45, 7) is 6.05. The summed E-state index contributed by atoms with van der Waals surface area (Å²) >= 11 is 0. The van der Waals surface area contributed by atoms with Crippen molar-refractivity contribution in [3.63, 3.8) is 0 Å². The summed E-state index contributed by atoms with van der Waals surface area (Å²) < 4.78 is 5.70. The zero-order valence-corrected chi connectivity index (χ0v) is 14.5. The van der Waals surface area contributed by atoms with Crippen molar-refractivity contribution in [2.45, 2.75) is 46.0 Å². The molecule has 1 unspecified atom stereocenters. The van der Waals surface area contributed by atoms with Gasteiger partial charge >= 0.3 is 0 Å². The fraction of sp³-hybridized carbons (Fsp3) is 0.526. The van der Waals surface area contributed by atoms with E-state index in [9.17, 15) is 4.79 Å². The number of amides is 1. The summed E-state index contributed by atoms with van der Waals surface area (Å²) in [6, 6.07) is 7.97. The molecule has 1 amide bonds. The SMILES string of the molecule is Cc1ccc(-c2nnc(CCC(=O)N3CCCC(C)CC3)o2)cc1. The van der Waals surface area contributed by atoms with E-state index in [1.54, 1.807) is 0 Å². The first-order chi connectivity index (χ1) is 11.6. The molecule has 5 heteroatoms. The number of hydrogen-bond acceptors (Lipinski definition) is 4. The Balaban J connectivity index is 1.55. The maximum Gasteiger partial charge on any atom is 0.247 e. The van der Waals surface area contributed by atoms with Crippen LogP contribution in [0.15, 0.2) is 28.7 Å². The third kappa shape index (κ3) is 4.22. The van der Waals surface area contributed by atoms with Crippen LogP contribution in [0.1, 0.15) is 44.1 Å². The number of carbonyl (C=O) groups is 1. The molecule has 1 aliphatic rings. The van der Waals surface area contributed by atoms with Crippen molar-refractivity contribution in [1.82, 2.24) is 15.1 Å². The van der Waals surface area contributed by atoms with Crippen LogP contribution in [-0.4, -0.2) is 34.1 Å². The van der Waals surface area contributed by atoms with Gasteiger partial charge in [0.15, 0.2) is 0 Å². The van der Waals surface area contributed by atoms with Gasteiger partial charge in [-0.25, -0.2) is 0 Å². The second-order valence-corrected chi connectivity index (χ2v) is 6.78. The van der Waals surface area contributed by atoms with Gasteiger partial charge in [-0.1, -0.05) is 24.6 Å². The molecule has 5 nitrogen and oxygen atoms in total. The van der Waals surface area contributed by atoms with Gasteiger partial charge in [-0.2, -0.15) is 0 Å². The highest BCUT2D eigenvalue weighted by atomic mass is 16.4. The number of likely N-dealkylation sites (tertiary alicyclic amines) is 1. The fourth-order valence-corrected chi connectivity index (χ4v) is 3.05. The van der Waals surface area contributed by atoms with E-state index in [4.69, 9.17) is 4.42 Å². The minimum Gasteiger partial charge on any atom is -0.421 e. The van der Waals surface area contributed by atoms with Gasteiger partial charge in [0.2, 0.25) is 17.7 Å². The van der Waals surface area contributed by atoms with E-state index in [0.717, 1.165) is 37.4 Å². The Morgan fingerprint density at radius 1 is 1.21 bits per heavy atom. The maximum absolute atomic E-state index is 12.4. The Morgan fingerprint density at radius 3 is 2.79 bits per heavy atom. The number of hydrogen-bond donors (Lipinski definition) is 0. The van der Waals surface area contributed by atoms with Crippen LogP contribution in [0, 0.1) is 12.8 Å². The van der Waals surface area contributed by atoms with Gasteiger partial charge in [-0.05, 0) is 44.2 Å². The quantitative estimate of drug-likeness (QED) is 0.860. The van der Waals surface area contributed by atoms with Crippen molar-refractivity contribution in [3.8, 4) is 11.5 Å². The molecule has 0 N–H and O–H groups in total. The molecule has 0 bridgehead atoms. The van der Waals surface area contributed by atoms with Crippen LogP contribution in [-0.2, 0) is 11.2 Å². The van der Waals surface area contributed by atoms with Gasteiger partial charge in [-0.15, -0.1) is 10.2 Å². The number of benzene rings is 1. The van der Waals surface area contributed by atoms with Crippen LogP contribution in [0.2, 0.25) is 0 Å². The number of aromatic nitrogens is 2. The molecule has 0 saturated carbocycles. The Kier molecular flexibility index (Phi) is 5.28. The summed E-state index contributed by atoms with van der Waals surface area (Å²) in [5.74, 6) is 1.96. The molecule has 1 aromatic heterocycles. The van der Waals surface area contributed by atoms with Crippen LogP contribution in [0.3, 0.4) is 0 Å². The predicted octanol–water partition coefficient (Wildman–Crippen LogP) is 3.63. The number of nitrogens with zero attached hydrogens (tertiary/aromatic N) is 3. The summed E-state index contributed by atoms with van der Waals surface area (Å²) in [5, 5.41) is 8.17. The van der Waals surface area contributed by atoms with Crippen LogP contribution >= 0.6 is 0 Å². The molecule has 1 aromatic carbocycles. The van der Waals surface area contributed by atoms with Crippen LogP contribution < -0.4 is 0 Å². The number of rotatable bonds is 4. The first kappa shape index (κ1) is 16.7. The third-order valence-corrected chi connectivity index (χ3v) is 4.69. The molecule has 2 aromatic rings. The van der Waals surface area contributed by atoms with E-state index < -0.39 is 0 Å². The van der Waals surface area contributed by atoms with Crippen LogP contribution in [0.4, 0.5) is 0 Å². The Labute approximate surface area is 143 Å². The number of aryl methyl sites for hydroxylation is 2. The first-order valence-corrected chi connectivity index (χ1v) is 8.79. The zero-order valence-electron chi connectivity index (χ0n) is 14.5. The van der Waals surface area contributed by atoms with Gasteiger partial charge < -0.3 is 9.32 Å². The standard InChI is InChI=1S/C19H25N3O2/c1-14-4-3-12-22(13-11-14)18(23)10-9-17-20-21-19(24-17)16-7-5-15(2)6-8-16/h5-8,14H,3-4,9-13H2,1-2H3. The fourth-order valence-electron chi connectivity index (χ4n) is 3.05. The van der Waals surface area contributed by atoms with E-state index in [-0.39, 0.29) is 5.91 Å². The molecule has 0 aliphatic carbocycles. The van der Waals surface area contributed by atoms with E-state index in [0.29, 0.717) is 24.6 Å². The minimum absolute atomic E-state index is 0.194. The largest absolute Gasteiger partial charge is 0.421 e. The molecular weight excluding hydrogens is 302 g/mol. The van der Waals surface area contributed by atoms with Crippen molar-refractivity contribution < 1.29 is 9.21 Å². The van der Waals surface area contributed by atoms with Crippen molar-refractivity contribution in [1.29, 1.82) is 0 Å². The highest BCUT2D eigenvalue weighted by molar-refractivity contribution is 5.76. The van der Waals surface area contributed by atoms with Crippen molar-refractivity contribution in [2.24, 2.45) is 5.92 Å². The molecular formula is C19H25N3O2. The average Bonchev–Trinajstić information content (AvgIpc) is 2.94.